The average Bonchev–Trinajstić information content (AvgIpc) is 2.36. The highest BCUT2D eigenvalue weighted by Gasteiger charge is 2.31. The van der Waals surface area contributed by atoms with Crippen LogP contribution in [-0.2, 0) is 10.1 Å². The van der Waals surface area contributed by atoms with Gasteiger partial charge in [-0.15, -0.1) is 0 Å². The summed E-state index contributed by atoms with van der Waals surface area (Å²) in [5.74, 6) is -1.05. The van der Waals surface area contributed by atoms with Gasteiger partial charge in [0.15, 0.2) is 0 Å². The minimum absolute atomic E-state index is 0.0113. The maximum atomic E-state index is 11.0. The number of aromatic hydroxyl groups is 1. The molecular formula is C10H6N2O8S. The maximum absolute atomic E-state index is 11.0. The van der Waals surface area contributed by atoms with Gasteiger partial charge in [-0.2, -0.15) is 8.42 Å². The highest BCUT2D eigenvalue weighted by atomic mass is 32.2. The molecule has 10 nitrogen and oxygen atoms in total. The molecule has 110 valence electrons. The van der Waals surface area contributed by atoms with Crippen molar-refractivity contribution in [1.82, 2.24) is 0 Å². The third kappa shape index (κ3) is 2.46. The molecule has 0 amide bonds. The van der Waals surface area contributed by atoms with E-state index in [0.717, 1.165) is 24.3 Å². The predicted octanol–water partition coefficient (Wildman–Crippen LogP) is 1.61. The summed E-state index contributed by atoms with van der Waals surface area (Å²) in [4.78, 5) is 18.9. The summed E-state index contributed by atoms with van der Waals surface area (Å²) in [5.41, 5.74) is -2.08. The third-order valence-corrected chi connectivity index (χ3v) is 3.57. The van der Waals surface area contributed by atoms with Gasteiger partial charge in [-0.1, -0.05) is 6.07 Å². The van der Waals surface area contributed by atoms with Crippen LogP contribution in [0.2, 0.25) is 0 Å². The summed E-state index contributed by atoms with van der Waals surface area (Å²) in [5, 5.41) is 31.2. The number of phenolic OH excluding ortho intramolecular Hbond substituents is 1. The zero-order valence-corrected chi connectivity index (χ0v) is 10.8. The van der Waals surface area contributed by atoms with Crippen molar-refractivity contribution in [3.8, 4) is 5.75 Å². The van der Waals surface area contributed by atoms with Crippen LogP contribution in [0, 0.1) is 20.2 Å². The van der Waals surface area contributed by atoms with Crippen molar-refractivity contribution in [2.45, 2.75) is 4.90 Å². The molecule has 11 heteroatoms. The van der Waals surface area contributed by atoms with Crippen molar-refractivity contribution in [2.75, 3.05) is 0 Å². The van der Waals surface area contributed by atoms with Crippen LogP contribution >= 0.6 is 0 Å². The van der Waals surface area contributed by atoms with E-state index < -0.39 is 42.0 Å². The van der Waals surface area contributed by atoms with Gasteiger partial charge in [0.25, 0.3) is 10.1 Å². The molecule has 0 aromatic heterocycles. The second-order valence-electron chi connectivity index (χ2n) is 3.97. The van der Waals surface area contributed by atoms with Crippen molar-refractivity contribution < 1.29 is 27.9 Å². The topological polar surface area (TPSA) is 161 Å². The summed E-state index contributed by atoms with van der Waals surface area (Å²) >= 11 is 0. The standard InChI is InChI=1S/C10H6N2O8S/c13-10-7-4-6(21(18,19)20)2-1-5(7)3-8(11(14)15)9(10)12(16)17/h1-4,13H,(H,18,19,20). The van der Waals surface area contributed by atoms with Crippen molar-refractivity contribution in [3.63, 3.8) is 0 Å². The van der Waals surface area contributed by atoms with Crippen LogP contribution in [0.25, 0.3) is 10.8 Å². The second-order valence-corrected chi connectivity index (χ2v) is 5.39. The zero-order chi connectivity index (χ0) is 15.9. The lowest BCUT2D eigenvalue weighted by atomic mass is 10.1. The Balaban J connectivity index is 2.94. The van der Waals surface area contributed by atoms with Crippen molar-refractivity contribution in [2.24, 2.45) is 0 Å². The van der Waals surface area contributed by atoms with Crippen molar-refractivity contribution >= 4 is 32.3 Å². The predicted molar refractivity (Wildman–Crippen MR) is 68.7 cm³/mol. The van der Waals surface area contributed by atoms with E-state index in [1.165, 1.54) is 0 Å². The Morgan fingerprint density at radius 2 is 1.67 bits per heavy atom. The fourth-order valence-corrected chi connectivity index (χ4v) is 2.32. The van der Waals surface area contributed by atoms with Crippen LogP contribution in [0.15, 0.2) is 29.2 Å². The number of phenols is 1. The van der Waals surface area contributed by atoms with Crippen LogP contribution in [0.4, 0.5) is 11.4 Å². The number of hydrogen-bond acceptors (Lipinski definition) is 7. The summed E-state index contributed by atoms with van der Waals surface area (Å²) in [6.45, 7) is 0. The Morgan fingerprint density at radius 3 is 2.14 bits per heavy atom. The van der Waals surface area contributed by atoms with Crippen LogP contribution in [0.3, 0.4) is 0 Å². The lowest BCUT2D eigenvalue weighted by Crippen LogP contribution is -2.00. The van der Waals surface area contributed by atoms with Gasteiger partial charge in [-0.05, 0) is 17.5 Å². The van der Waals surface area contributed by atoms with Crippen molar-refractivity contribution in [1.29, 1.82) is 0 Å². The first kappa shape index (κ1) is 14.6. The molecule has 0 fully saturated rings. The molecule has 0 bridgehead atoms. The smallest absolute Gasteiger partial charge is 0.387 e. The molecule has 2 N–H and O–H groups in total. The van der Waals surface area contributed by atoms with E-state index in [-0.39, 0.29) is 10.8 Å². The number of nitro benzene ring substituents is 2. The summed E-state index contributed by atoms with van der Waals surface area (Å²) in [7, 11) is -4.59. The number of hydrogen-bond donors (Lipinski definition) is 2. The van der Waals surface area contributed by atoms with Gasteiger partial charge in [0.2, 0.25) is 5.75 Å². The molecule has 0 atom stereocenters. The molecule has 21 heavy (non-hydrogen) atoms. The molecular weight excluding hydrogens is 308 g/mol. The molecule has 0 aliphatic heterocycles. The fourth-order valence-electron chi connectivity index (χ4n) is 1.81. The van der Waals surface area contributed by atoms with Gasteiger partial charge < -0.3 is 5.11 Å². The molecule has 0 saturated heterocycles. The van der Waals surface area contributed by atoms with E-state index in [0.29, 0.717) is 0 Å². The lowest BCUT2D eigenvalue weighted by Gasteiger charge is -2.05. The van der Waals surface area contributed by atoms with E-state index in [1.54, 1.807) is 0 Å². The zero-order valence-electron chi connectivity index (χ0n) is 9.96. The van der Waals surface area contributed by atoms with E-state index in [4.69, 9.17) is 4.55 Å². The fraction of sp³-hybridized carbons (Fsp3) is 0. The van der Waals surface area contributed by atoms with Crippen LogP contribution < -0.4 is 0 Å². The Kier molecular flexibility index (Phi) is 3.23. The van der Waals surface area contributed by atoms with Gasteiger partial charge in [0.1, 0.15) is 0 Å². The minimum atomic E-state index is -4.59. The molecule has 0 aliphatic rings. The first-order valence-corrected chi connectivity index (χ1v) is 6.63. The normalized spacial score (nSPS) is 11.5. The molecule has 0 heterocycles. The monoisotopic (exact) mass is 314 g/mol. The number of nitrogens with zero attached hydrogens (tertiary/aromatic N) is 2. The van der Waals surface area contributed by atoms with Gasteiger partial charge >= 0.3 is 11.4 Å². The Labute approximate surface area is 116 Å². The molecule has 2 rings (SSSR count). The second kappa shape index (κ2) is 4.64. The number of benzene rings is 2. The molecule has 0 saturated carbocycles. The van der Waals surface area contributed by atoms with E-state index >= 15 is 0 Å². The molecule has 0 radical (unpaired) electrons. The molecule has 0 aliphatic carbocycles. The van der Waals surface area contributed by atoms with E-state index in [9.17, 15) is 33.8 Å². The van der Waals surface area contributed by atoms with Gasteiger partial charge in [0, 0.05) is 11.5 Å². The summed E-state index contributed by atoms with van der Waals surface area (Å²) in [6, 6.07) is 3.65. The Morgan fingerprint density at radius 1 is 1.05 bits per heavy atom. The van der Waals surface area contributed by atoms with Gasteiger partial charge in [-0.25, -0.2) is 0 Å². The van der Waals surface area contributed by atoms with E-state index in [2.05, 4.69) is 0 Å². The lowest BCUT2D eigenvalue weighted by molar-refractivity contribution is -0.422. The first-order valence-electron chi connectivity index (χ1n) is 5.19. The van der Waals surface area contributed by atoms with Crippen LogP contribution in [0.5, 0.6) is 5.75 Å². The largest absolute Gasteiger partial charge is 0.501 e. The van der Waals surface area contributed by atoms with Crippen LogP contribution in [-0.4, -0.2) is 27.9 Å². The van der Waals surface area contributed by atoms with E-state index in [1.807, 2.05) is 0 Å². The molecule has 0 unspecified atom stereocenters. The third-order valence-electron chi connectivity index (χ3n) is 2.72. The minimum Gasteiger partial charge on any atom is -0.501 e. The van der Waals surface area contributed by atoms with Crippen molar-refractivity contribution in [3.05, 3.63) is 44.5 Å². The first-order chi connectivity index (χ1) is 9.62. The number of rotatable bonds is 3. The average molecular weight is 314 g/mol. The quantitative estimate of drug-likeness (QED) is 0.490. The number of nitro groups is 2. The molecule has 2 aromatic rings. The highest BCUT2D eigenvalue weighted by molar-refractivity contribution is 7.85. The maximum Gasteiger partial charge on any atom is 0.387 e. The molecule has 2 aromatic carbocycles. The Hall–Kier alpha value is -2.79. The highest BCUT2D eigenvalue weighted by Crippen LogP contribution is 2.42. The summed E-state index contributed by atoms with van der Waals surface area (Å²) in [6.07, 6.45) is 0. The SMILES string of the molecule is O=[N+]([O-])c1cc2ccc(S(=O)(=O)O)cc2c(O)c1[N+](=O)[O-]. The van der Waals surface area contributed by atoms with Gasteiger partial charge in [0.05, 0.1) is 14.7 Å². The number of fused-ring (bicyclic) bond motifs is 1. The van der Waals surface area contributed by atoms with Gasteiger partial charge in [-0.3, -0.25) is 24.8 Å². The molecule has 0 spiro atoms. The Bertz CT molecular complexity index is 890. The summed E-state index contributed by atoms with van der Waals surface area (Å²) < 4.78 is 30.9. The van der Waals surface area contributed by atoms with Crippen LogP contribution in [0.1, 0.15) is 0 Å².